The van der Waals surface area contributed by atoms with E-state index < -0.39 is 0 Å². The highest BCUT2D eigenvalue weighted by Crippen LogP contribution is 2.25. The van der Waals surface area contributed by atoms with E-state index >= 15 is 0 Å². The Balaban J connectivity index is 1.84. The highest BCUT2D eigenvalue weighted by atomic mass is 35.5. The average molecular weight is 416 g/mol. The van der Waals surface area contributed by atoms with E-state index in [-0.39, 0.29) is 30.2 Å². The molecule has 1 aromatic heterocycles. The summed E-state index contributed by atoms with van der Waals surface area (Å²) in [6, 6.07) is 4.99. The molecule has 2 amide bonds. The quantitative estimate of drug-likeness (QED) is 0.701. The maximum atomic E-state index is 12.2. The third-order valence-electron chi connectivity index (χ3n) is 3.43. The highest BCUT2D eigenvalue weighted by molar-refractivity contribution is 7.99. The molecule has 0 saturated heterocycles. The van der Waals surface area contributed by atoms with Gasteiger partial charge in [-0.3, -0.25) is 9.59 Å². The summed E-state index contributed by atoms with van der Waals surface area (Å²) in [6.07, 6.45) is 1.63. The van der Waals surface area contributed by atoms with Crippen molar-refractivity contribution < 1.29 is 9.59 Å². The van der Waals surface area contributed by atoms with Crippen LogP contribution in [0.25, 0.3) is 0 Å². The first-order chi connectivity index (χ1) is 12.3. The fourth-order valence-corrected chi connectivity index (χ4v) is 3.29. The molecule has 10 heteroatoms. The van der Waals surface area contributed by atoms with Crippen molar-refractivity contribution in [2.24, 2.45) is 0 Å². The van der Waals surface area contributed by atoms with Crippen molar-refractivity contribution in [1.29, 1.82) is 0 Å². The molecule has 0 aliphatic carbocycles. The number of aromatic nitrogens is 3. The monoisotopic (exact) mass is 415 g/mol. The van der Waals surface area contributed by atoms with Gasteiger partial charge in [0.2, 0.25) is 11.8 Å². The van der Waals surface area contributed by atoms with Gasteiger partial charge in [0.25, 0.3) is 0 Å². The Labute approximate surface area is 166 Å². The highest BCUT2D eigenvalue weighted by Gasteiger charge is 2.16. The number of amides is 2. The first kappa shape index (κ1) is 20.5. The Kier molecular flexibility index (Phi) is 7.31. The lowest BCUT2D eigenvalue weighted by Gasteiger charge is -2.17. The van der Waals surface area contributed by atoms with Gasteiger partial charge in [-0.05, 0) is 32.0 Å². The maximum absolute atomic E-state index is 12.2. The number of carbonyl (C=O) groups excluding carboxylic acids is 2. The zero-order valence-corrected chi connectivity index (χ0v) is 16.9. The minimum Gasteiger partial charge on any atom is -0.336 e. The number of rotatable bonds is 7. The van der Waals surface area contributed by atoms with Gasteiger partial charge in [-0.1, -0.05) is 35.0 Å². The molecule has 2 rings (SSSR count). The van der Waals surface area contributed by atoms with Crippen LogP contribution in [0.4, 0.5) is 5.69 Å². The molecule has 0 spiro atoms. The van der Waals surface area contributed by atoms with Gasteiger partial charge in [-0.2, -0.15) is 0 Å². The Bertz CT molecular complexity index is 797. The number of hydrogen-bond acceptors (Lipinski definition) is 5. The van der Waals surface area contributed by atoms with Crippen molar-refractivity contribution in [1.82, 2.24) is 19.7 Å². The third-order valence-corrected chi connectivity index (χ3v) is 5.11. The fraction of sp³-hybridized carbons (Fsp3) is 0.375. The van der Waals surface area contributed by atoms with Crippen LogP contribution in [-0.2, 0) is 9.59 Å². The van der Waals surface area contributed by atoms with E-state index in [9.17, 15) is 9.59 Å². The Morgan fingerprint density at radius 1 is 1.31 bits per heavy atom. The lowest BCUT2D eigenvalue weighted by atomic mass is 10.3. The molecular formula is C16H19Cl2N5O2S. The van der Waals surface area contributed by atoms with Crippen LogP contribution in [0, 0.1) is 0 Å². The zero-order chi connectivity index (χ0) is 19.3. The lowest BCUT2D eigenvalue weighted by Crippen LogP contribution is -2.36. The van der Waals surface area contributed by atoms with Gasteiger partial charge in [0.15, 0.2) is 5.16 Å². The molecule has 0 bridgehead atoms. The van der Waals surface area contributed by atoms with Crippen LogP contribution in [0.2, 0.25) is 10.0 Å². The smallest absolute Gasteiger partial charge is 0.243 e. The lowest BCUT2D eigenvalue weighted by molar-refractivity contribution is -0.131. The van der Waals surface area contributed by atoms with E-state index in [0.717, 1.165) is 0 Å². The Morgan fingerprint density at radius 3 is 2.69 bits per heavy atom. The molecule has 0 atom stereocenters. The van der Waals surface area contributed by atoms with Crippen LogP contribution in [-0.4, -0.2) is 50.8 Å². The van der Waals surface area contributed by atoms with E-state index in [1.807, 2.05) is 18.4 Å². The van der Waals surface area contributed by atoms with Crippen LogP contribution >= 0.6 is 35.0 Å². The zero-order valence-electron chi connectivity index (χ0n) is 14.6. The van der Waals surface area contributed by atoms with E-state index in [2.05, 4.69) is 15.5 Å². The van der Waals surface area contributed by atoms with E-state index in [4.69, 9.17) is 23.2 Å². The van der Waals surface area contributed by atoms with Gasteiger partial charge in [0.1, 0.15) is 6.33 Å². The second-order valence-corrected chi connectivity index (χ2v) is 7.59. The van der Waals surface area contributed by atoms with Gasteiger partial charge in [0, 0.05) is 18.8 Å². The van der Waals surface area contributed by atoms with E-state index in [1.54, 1.807) is 31.6 Å². The molecule has 2 aromatic rings. The number of anilines is 1. The molecule has 0 saturated carbocycles. The molecule has 0 unspecified atom stereocenters. The van der Waals surface area contributed by atoms with Gasteiger partial charge >= 0.3 is 0 Å². The molecule has 1 heterocycles. The number of likely N-dealkylation sites (N-methyl/N-ethyl adjacent to an activating group) is 1. The summed E-state index contributed by atoms with van der Waals surface area (Å²) in [5.41, 5.74) is 0.518. The van der Waals surface area contributed by atoms with Crippen molar-refractivity contribution in [3.63, 3.8) is 0 Å². The summed E-state index contributed by atoms with van der Waals surface area (Å²) in [6.45, 7) is 3.94. The van der Waals surface area contributed by atoms with Crippen molar-refractivity contribution in [3.05, 3.63) is 34.6 Å². The third kappa shape index (κ3) is 5.62. The van der Waals surface area contributed by atoms with Crippen LogP contribution in [0.1, 0.15) is 19.9 Å². The molecule has 0 fully saturated rings. The molecule has 26 heavy (non-hydrogen) atoms. The minimum absolute atomic E-state index is 0.0729. The van der Waals surface area contributed by atoms with Gasteiger partial charge in [-0.25, -0.2) is 0 Å². The number of carbonyl (C=O) groups is 2. The molecule has 1 N–H and O–H groups in total. The second-order valence-electron chi connectivity index (χ2n) is 5.83. The topological polar surface area (TPSA) is 80.1 Å². The number of hydrogen-bond donors (Lipinski definition) is 1. The van der Waals surface area contributed by atoms with E-state index in [1.165, 1.54) is 16.7 Å². The molecule has 1 aromatic carbocycles. The minimum atomic E-state index is -0.324. The summed E-state index contributed by atoms with van der Waals surface area (Å²) >= 11 is 13.0. The molecule has 140 valence electrons. The molecular weight excluding hydrogens is 397 g/mol. The van der Waals surface area contributed by atoms with Crippen molar-refractivity contribution in [3.8, 4) is 0 Å². The summed E-state index contributed by atoms with van der Waals surface area (Å²) in [5.74, 6) is -0.339. The van der Waals surface area contributed by atoms with Crippen LogP contribution < -0.4 is 5.32 Å². The van der Waals surface area contributed by atoms with Gasteiger partial charge < -0.3 is 14.8 Å². The van der Waals surface area contributed by atoms with Gasteiger partial charge in [-0.15, -0.1) is 10.2 Å². The molecule has 7 nitrogen and oxygen atoms in total. The fourth-order valence-electron chi connectivity index (χ4n) is 2.00. The Morgan fingerprint density at radius 2 is 2.04 bits per heavy atom. The van der Waals surface area contributed by atoms with Gasteiger partial charge in [0.05, 0.1) is 22.3 Å². The predicted molar refractivity (Wildman–Crippen MR) is 104 cm³/mol. The largest absolute Gasteiger partial charge is 0.336 e. The number of halogens is 2. The van der Waals surface area contributed by atoms with Crippen LogP contribution in [0.5, 0.6) is 0 Å². The predicted octanol–water partition coefficient (Wildman–Crippen LogP) is 3.36. The molecule has 0 aliphatic rings. The SMILES string of the molecule is CC(C)n1cnnc1SCC(=O)N(C)CC(=O)Nc1ccc(Cl)c(Cl)c1. The summed E-state index contributed by atoms with van der Waals surface area (Å²) in [5, 5.41) is 12.0. The van der Waals surface area contributed by atoms with Crippen LogP contribution in [0.15, 0.2) is 29.7 Å². The first-order valence-corrected chi connectivity index (χ1v) is 9.53. The summed E-state index contributed by atoms with van der Waals surface area (Å²) < 4.78 is 1.88. The summed E-state index contributed by atoms with van der Waals surface area (Å²) in [4.78, 5) is 25.7. The number of nitrogens with zero attached hydrogens (tertiary/aromatic N) is 4. The van der Waals surface area contributed by atoms with Crippen LogP contribution in [0.3, 0.4) is 0 Å². The maximum Gasteiger partial charge on any atom is 0.243 e. The first-order valence-electron chi connectivity index (χ1n) is 7.79. The van der Waals surface area contributed by atoms with Crippen molar-refractivity contribution in [2.45, 2.75) is 25.0 Å². The standard InChI is InChI=1S/C16H19Cl2N5O2S/c1-10(2)23-9-19-21-16(23)26-8-15(25)22(3)7-14(24)20-11-4-5-12(17)13(18)6-11/h4-6,9-10H,7-8H2,1-3H3,(H,20,24). The second kappa shape index (κ2) is 9.25. The van der Waals surface area contributed by atoms with Crippen molar-refractivity contribution in [2.75, 3.05) is 24.7 Å². The molecule has 0 aliphatic heterocycles. The number of benzene rings is 1. The van der Waals surface area contributed by atoms with E-state index in [0.29, 0.717) is 20.9 Å². The normalized spacial score (nSPS) is 10.8. The number of thioether (sulfide) groups is 1. The Hall–Kier alpha value is -1.77. The number of nitrogens with one attached hydrogen (secondary N) is 1. The van der Waals surface area contributed by atoms with Crippen molar-refractivity contribution >= 4 is 52.5 Å². The molecule has 0 radical (unpaired) electrons. The summed E-state index contributed by atoms with van der Waals surface area (Å²) in [7, 11) is 1.57. The average Bonchev–Trinajstić information content (AvgIpc) is 3.04.